The van der Waals surface area contributed by atoms with E-state index in [1.54, 1.807) is 42.5 Å². The van der Waals surface area contributed by atoms with E-state index < -0.39 is 15.9 Å². The molecule has 1 atom stereocenters. The van der Waals surface area contributed by atoms with Crippen LogP contribution in [0.15, 0.2) is 83.8 Å². The minimum atomic E-state index is -4.00. The second kappa shape index (κ2) is 10.3. The summed E-state index contributed by atoms with van der Waals surface area (Å²) in [6.45, 7) is 5.68. The Morgan fingerprint density at radius 1 is 0.969 bits per heavy atom. The molecule has 0 heterocycles. The van der Waals surface area contributed by atoms with Crippen molar-refractivity contribution < 1.29 is 17.9 Å². The molecular formula is C25H28N2O4S. The maximum atomic E-state index is 13.5. The van der Waals surface area contributed by atoms with Crippen molar-refractivity contribution >= 4 is 21.6 Å². The van der Waals surface area contributed by atoms with Gasteiger partial charge in [0.1, 0.15) is 12.3 Å². The first-order valence-corrected chi connectivity index (χ1v) is 11.9. The summed E-state index contributed by atoms with van der Waals surface area (Å²) in [4.78, 5) is 13.1. The fourth-order valence-corrected chi connectivity index (χ4v) is 4.77. The number of nitrogens with zero attached hydrogens (tertiary/aromatic N) is 1. The molecule has 0 aliphatic carbocycles. The molecule has 0 saturated carbocycles. The highest BCUT2D eigenvalue weighted by molar-refractivity contribution is 7.92. The number of carbonyl (C=O) groups is 1. The summed E-state index contributed by atoms with van der Waals surface area (Å²) < 4.78 is 33.8. The highest BCUT2D eigenvalue weighted by Crippen LogP contribution is 2.32. The first-order chi connectivity index (χ1) is 15.3. The van der Waals surface area contributed by atoms with Crippen LogP contribution in [0.5, 0.6) is 5.75 Å². The highest BCUT2D eigenvalue weighted by atomic mass is 32.2. The van der Waals surface area contributed by atoms with Gasteiger partial charge in [-0.3, -0.25) is 9.10 Å². The number of para-hydroxylation sites is 2. The maximum absolute atomic E-state index is 13.5. The lowest BCUT2D eigenvalue weighted by Crippen LogP contribution is -2.41. The molecule has 3 aromatic carbocycles. The van der Waals surface area contributed by atoms with Crippen molar-refractivity contribution in [2.75, 3.05) is 17.5 Å². The van der Waals surface area contributed by atoms with Gasteiger partial charge >= 0.3 is 0 Å². The Kier molecular flexibility index (Phi) is 7.53. The standard InChI is InChI=1S/C25H28N2O4S/c1-4-31-24-13-9-8-12-23(24)27(32(29,30)22-10-6-5-7-11-22)18-25(28)26-20(3)21-16-14-19(2)15-17-21/h5-17,20H,4,18H2,1-3H3,(H,26,28)/t20-/m0/s1. The van der Waals surface area contributed by atoms with Crippen LogP contribution in [0.1, 0.15) is 31.0 Å². The second-order valence-corrected chi connectivity index (χ2v) is 9.29. The van der Waals surface area contributed by atoms with Crippen LogP contribution in [-0.2, 0) is 14.8 Å². The number of carbonyl (C=O) groups excluding carboxylic acids is 1. The van der Waals surface area contributed by atoms with Crippen molar-refractivity contribution in [2.24, 2.45) is 0 Å². The average Bonchev–Trinajstić information content (AvgIpc) is 2.79. The van der Waals surface area contributed by atoms with Crippen molar-refractivity contribution in [1.29, 1.82) is 0 Å². The molecule has 1 amide bonds. The van der Waals surface area contributed by atoms with Gasteiger partial charge in [-0.15, -0.1) is 0 Å². The van der Waals surface area contributed by atoms with Crippen LogP contribution in [0.25, 0.3) is 0 Å². The molecule has 32 heavy (non-hydrogen) atoms. The second-order valence-electron chi connectivity index (χ2n) is 7.43. The molecule has 6 nitrogen and oxygen atoms in total. The third-order valence-electron chi connectivity index (χ3n) is 5.01. The van der Waals surface area contributed by atoms with Crippen LogP contribution in [-0.4, -0.2) is 27.5 Å². The average molecular weight is 453 g/mol. The molecule has 0 aliphatic heterocycles. The number of hydrogen-bond donors (Lipinski definition) is 1. The molecule has 0 unspecified atom stereocenters. The van der Waals surface area contributed by atoms with Gasteiger partial charge in [-0.2, -0.15) is 0 Å². The Labute approximate surface area is 189 Å². The molecule has 168 valence electrons. The predicted molar refractivity (Wildman–Crippen MR) is 126 cm³/mol. The van der Waals surface area contributed by atoms with E-state index in [9.17, 15) is 13.2 Å². The molecule has 0 aromatic heterocycles. The zero-order valence-electron chi connectivity index (χ0n) is 18.5. The first-order valence-electron chi connectivity index (χ1n) is 10.5. The van der Waals surface area contributed by atoms with Gasteiger partial charge in [0.25, 0.3) is 10.0 Å². The van der Waals surface area contributed by atoms with Crippen LogP contribution in [0.2, 0.25) is 0 Å². The largest absolute Gasteiger partial charge is 0.492 e. The summed E-state index contributed by atoms with van der Waals surface area (Å²) >= 11 is 0. The summed E-state index contributed by atoms with van der Waals surface area (Å²) in [5.41, 5.74) is 2.38. The lowest BCUT2D eigenvalue weighted by atomic mass is 10.1. The molecule has 0 bridgehead atoms. The van der Waals surface area contributed by atoms with Gasteiger partial charge in [0, 0.05) is 0 Å². The fraction of sp³-hybridized carbons (Fsp3) is 0.240. The van der Waals surface area contributed by atoms with Gasteiger partial charge in [-0.1, -0.05) is 60.2 Å². The Bertz CT molecular complexity index is 1150. The number of aryl methyl sites for hydroxylation is 1. The number of benzene rings is 3. The van der Waals surface area contributed by atoms with Gasteiger partial charge in [0.2, 0.25) is 5.91 Å². The number of anilines is 1. The van der Waals surface area contributed by atoms with E-state index >= 15 is 0 Å². The molecule has 0 saturated heterocycles. The van der Waals surface area contributed by atoms with Gasteiger partial charge in [0.15, 0.2) is 0 Å². The molecule has 1 N–H and O–H groups in total. The van der Waals surface area contributed by atoms with Crippen molar-refractivity contribution in [1.82, 2.24) is 5.32 Å². The third-order valence-corrected chi connectivity index (χ3v) is 6.78. The SMILES string of the molecule is CCOc1ccccc1N(CC(=O)N[C@@H](C)c1ccc(C)cc1)S(=O)(=O)c1ccccc1. The van der Waals surface area contributed by atoms with E-state index in [0.29, 0.717) is 18.0 Å². The lowest BCUT2D eigenvalue weighted by molar-refractivity contribution is -0.120. The van der Waals surface area contributed by atoms with E-state index in [-0.39, 0.29) is 17.5 Å². The Balaban J connectivity index is 1.93. The first kappa shape index (κ1) is 23.3. The van der Waals surface area contributed by atoms with Gasteiger partial charge in [-0.05, 0) is 50.6 Å². The number of amides is 1. The van der Waals surface area contributed by atoms with Gasteiger partial charge in [0.05, 0.1) is 23.2 Å². The summed E-state index contributed by atoms with van der Waals surface area (Å²) in [5, 5.41) is 2.91. The van der Waals surface area contributed by atoms with Crippen molar-refractivity contribution in [3.05, 3.63) is 90.0 Å². The fourth-order valence-electron chi connectivity index (χ4n) is 3.32. The maximum Gasteiger partial charge on any atom is 0.264 e. The number of ether oxygens (including phenoxy) is 1. The molecule has 0 fully saturated rings. The minimum Gasteiger partial charge on any atom is -0.492 e. The summed E-state index contributed by atoms with van der Waals surface area (Å²) in [7, 11) is -4.00. The molecule has 0 aliphatic rings. The van der Waals surface area contributed by atoms with Gasteiger partial charge in [-0.25, -0.2) is 8.42 Å². The number of nitrogens with one attached hydrogen (secondary N) is 1. The number of rotatable bonds is 9. The molecule has 0 radical (unpaired) electrons. The minimum absolute atomic E-state index is 0.102. The predicted octanol–water partition coefficient (Wildman–Crippen LogP) is 4.47. The van der Waals surface area contributed by atoms with E-state index in [0.717, 1.165) is 15.4 Å². The normalized spacial score (nSPS) is 12.1. The summed E-state index contributed by atoms with van der Waals surface area (Å²) in [6.07, 6.45) is 0. The van der Waals surface area contributed by atoms with Crippen molar-refractivity contribution in [2.45, 2.75) is 31.7 Å². The Morgan fingerprint density at radius 2 is 1.59 bits per heavy atom. The quantitative estimate of drug-likeness (QED) is 0.520. The lowest BCUT2D eigenvalue weighted by Gasteiger charge is -2.26. The van der Waals surface area contributed by atoms with Crippen LogP contribution >= 0.6 is 0 Å². The topological polar surface area (TPSA) is 75.7 Å². The zero-order chi connectivity index (χ0) is 23.1. The van der Waals surface area contributed by atoms with E-state index in [1.807, 2.05) is 45.0 Å². The van der Waals surface area contributed by atoms with Crippen LogP contribution in [0.3, 0.4) is 0 Å². The zero-order valence-corrected chi connectivity index (χ0v) is 19.3. The van der Waals surface area contributed by atoms with Crippen LogP contribution < -0.4 is 14.4 Å². The number of sulfonamides is 1. The van der Waals surface area contributed by atoms with E-state index in [2.05, 4.69) is 5.32 Å². The summed E-state index contributed by atoms with van der Waals surface area (Å²) in [5.74, 6) is -0.0160. The van der Waals surface area contributed by atoms with Crippen molar-refractivity contribution in [3.8, 4) is 5.75 Å². The highest BCUT2D eigenvalue weighted by Gasteiger charge is 2.29. The molecule has 3 aromatic rings. The van der Waals surface area contributed by atoms with Crippen molar-refractivity contribution in [3.63, 3.8) is 0 Å². The third kappa shape index (κ3) is 5.48. The van der Waals surface area contributed by atoms with E-state index in [4.69, 9.17) is 4.74 Å². The van der Waals surface area contributed by atoms with Crippen LogP contribution in [0, 0.1) is 6.92 Å². The number of hydrogen-bond acceptors (Lipinski definition) is 4. The Hall–Kier alpha value is -3.32. The summed E-state index contributed by atoms with van der Waals surface area (Å²) in [6, 6.07) is 22.5. The van der Waals surface area contributed by atoms with Gasteiger partial charge < -0.3 is 10.1 Å². The smallest absolute Gasteiger partial charge is 0.264 e. The van der Waals surface area contributed by atoms with E-state index in [1.165, 1.54) is 12.1 Å². The molecule has 0 spiro atoms. The molecule has 7 heteroatoms. The molecule has 3 rings (SSSR count). The van der Waals surface area contributed by atoms with Crippen LogP contribution in [0.4, 0.5) is 5.69 Å². The Morgan fingerprint density at radius 3 is 2.25 bits per heavy atom. The monoisotopic (exact) mass is 452 g/mol. The molecular weight excluding hydrogens is 424 g/mol.